The molecule has 0 amide bonds. The van der Waals surface area contributed by atoms with Crippen molar-refractivity contribution in [2.75, 3.05) is 6.61 Å². The highest BCUT2D eigenvalue weighted by Gasteiger charge is 2.13. The highest BCUT2D eigenvalue weighted by atomic mass is 19.1. The van der Waals surface area contributed by atoms with Crippen LogP contribution >= 0.6 is 0 Å². The van der Waals surface area contributed by atoms with E-state index in [-0.39, 0.29) is 12.2 Å². The third kappa shape index (κ3) is 2.90. The van der Waals surface area contributed by atoms with E-state index in [4.69, 9.17) is 9.84 Å². The Balaban J connectivity index is 3.02. The van der Waals surface area contributed by atoms with Crippen LogP contribution in [0.3, 0.4) is 0 Å². The number of hydrogen-bond donors (Lipinski definition) is 1. The van der Waals surface area contributed by atoms with Crippen molar-refractivity contribution in [3.05, 3.63) is 29.3 Å². The summed E-state index contributed by atoms with van der Waals surface area (Å²) in [5, 5.41) is 8.45. The van der Waals surface area contributed by atoms with Gasteiger partial charge in [0.05, 0.1) is 13.0 Å². The summed E-state index contributed by atoms with van der Waals surface area (Å²) in [6.07, 6.45) is -0.416. The van der Waals surface area contributed by atoms with E-state index in [0.29, 0.717) is 0 Å². The van der Waals surface area contributed by atoms with Gasteiger partial charge in [-0.1, -0.05) is 0 Å². The second kappa shape index (κ2) is 4.72. The SMILES string of the molecule is CCOc1c(F)cc(CC(=O)O)cc1F. The zero-order chi connectivity index (χ0) is 11.4. The van der Waals surface area contributed by atoms with Gasteiger partial charge in [-0.05, 0) is 24.6 Å². The smallest absolute Gasteiger partial charge is 0.307 e. The zero-order valence-corrected chi connectivity index (χ0v) is 8.09. The van der Waals surface area contributed by atoms with E-state index in [9.17, 15) is 13.6 Å². The minimum atomic E-state index is -1.14. The summed E-state index contributed by atoms with van der Waals surface area (Å²) in [4.78, 5) is 10.3. The normalized spacial score (nSPS) is 10.1. The average molecular weight is 216 g/mol. The van der Waals surface area contributed by atoms with Gasteiger partial charge in [0.1, 0.15) is 0 Å². The summed E-state index contributed by atoms with van der Waals surface area (Å²) in [6.45, 7) is 1.75. The molecule has 0 aliphatic rings. The van der Waals surface area contributed by atoms with Crippen molar-refractivity contribution >= 4 is 5.97 Å². The van der Waals surface area contributed by atoms with Crippen LogP contribution in [0.2, 0.25) is 0 Å². The molecule has 0 aliphatic heterocycles. The fourth-order valence-electron chi connectivity index (χ4n) is 1.17. The van der Waals surface area contributed by atoms with Crippen molar-refractivity contribution in [1.82, 2.24) is 0 Å². The number of halogens is 2. The number of carboxylic acids is 1. The Morgan fingerprint density at radius 2 is 1.93 bits per heavy atom. The molecule has 3 nitrogen and oxygen atoms in total. The Hall–Kier alpha value is -1.65. The van der Waals surface area contributed by atoms with Gasteiger partial charge in [-0.25, -0.2) is 8.78 Å². The predicted octanol–water partition coefficient (Wildman–Crippen LogP) is 1.99. The van der Waals surface area contributed by atoms with E-state index in [1.165, 1.54) is 0 Å². The molecule has 0 fully saturated rings. The lowest BCUT2D eigenvalue weighted by molar-refractivity contribution is -0.136. The van der Waals surface area contributed by atoms with Crippen molar-refractivity contribution in [3.63, 3.8) is 0 Å². The summed E-state index contributed by atoms with van der Waals surface area (Å²) in [6, 6.07) is 1.92. The fourth-order valence-corrected chi connectivity index (χ4v) is 1.17. The molecule has 0 radical (unpaired) electrons. The maximum Gasteiger partial charge on any atom is 0.307 e. The molecule has 1 aromatic rings. The number of benzene rings is 1. The monoisotopic (exact) mass is 216 g/mol. The number of aliphatic carboxylic acids is 1. The molecule has 1 N–H and O–H groups in total. The molecule has 5 heteroatoms. The Kier molecular flexibility index (Phi) is 3.60. The van der Waals surface area contributed by atoms with Gasteiger partial charge in [0.2, 0.25) is 0 Å². The maximum absolute atomic E-state index is 13.2. The second-order valence-corrected chi connectivity index (χ2v) is 2.89. The van der Waals surface area contributed by atoms with Crippen LogP contribution in [0.1, 0.15) is 12.5 Å². The van der Waals surface area contributed by atoms with E-state index in [0.717, 1.165) is 12.1 Å². The molecule has 0 atom stereocenters. The van der Waals surface area contributed by atoms with Gasteiger partial charge in [0, 0.05) is 0 Å². The summed E-state index contributed by atoms with van der Waals surface area (Å²) in [5.41, 5.74) is 0.0703. The van der Waals surface area contributed by atoms with Gasteiger partial charge in [-0.15, -0.1) is 0 Å². The second-order valence-electron chi connectivity index (χ2n) is 2.89. The van der Waals surface area contributed by atoms with E-state index < -0.39 is 29.8 Å². The lowest BCUT2D eigenvalue weighted by Gasteiger charge is -2.07. The topological polar surface area (TPSA) is 46.5 Å². The highest BCUT2D eigenvalue weighted by Crippen LogP contribution is 2.23. The van der Waals surface area contributed by atoms with E-state index >= 15 is 0 Å². The number of ether oxygens (including phenoxy) is 1. The maximum atomic E-state index is 13.2. The van der Waals surface area contributed by atoms with Crippen LogP contribution in [-0.2, 0) is 11.2 Å². The molecule has 1 aromatic carbocycles. The molecule has 15 heavy (non-hydrogen) atoms. The summed E-state index contributed by atoms with van der Waals surface area (Å²) in [5.74, 6) is -3.37. The lowest BCUT2D eigenvalue weighted by atomic mass is 10.1. The average Bonchev–Trinajstić information content (AvgIpc) is 2.10. The van der Waals surface area contributed by atoms with Gasteiger partial charge in [0.25, 0.3) is 0 Å². The molecule has 0 saturated heterocycles. The largest absolute Gasteiger partial charge is 0.488 e. The Morgan fingerprint density at radius 3 is 2.33 bits per heavy atom. The quantitative estimate of drug-likeness (QED) is 0.837. The first-order valence-electron chi connectivity index (χ1n) is 4.37. The molecule has 0 unspecified atom stereocenters. The lowest BCUT2D eigenvalue weighted by Crippen LogP contribution is -2.04. The van der Waals surface area contributed by atoms with Crippen molar-refractivity contribution in [2.24, 2.45) is 0 Å². The summed E-state index contributed by atoms with van der Waals surface area (Å²) < 4.78 is 31.1. The summed E-state index contributed by atoms with van der Waals surface area (Å²) >= 11 is 0. The van der Waals surface area contributed by atoms with Crippen LogP contribution < -0.4 is 4.74 Å². The van der Waals surface area contributed by atoms with E-state index in [1.807, 2.05) is 0 Å². The first-order valence-corrected chi connectivity index (χ1v) is 4.37. The molecule has 0 spiro atoms. The predicted molar refractivity (Wildman–Crippen MR) is 48.9 cm³/mol. The molecule has 0 aromatic heterocycles. The van der Waals surface area contributed by atoms with Crippen molar-refractivity contribution in [2.45, 2.75) is 13.3 Å². The zero-order valence-electron chi connectivity index (χ0n) is 8.09. The first kappa shape index (κ1) is 11.4. The molecular formula is C10H10F2O3. The molecule has 1 rings (SSSR count). The van der Waals surface area contributed by atoms with Gasteiger partial charge < -0.3 is 9.84 Å². The first-order chi connectivity index (χ1) is 7.04. The van der Waals surface area contributed by atoms with E-state index in [2.05, 4.69) is 0 Å². The number of hydrogen-bond acceptors (Lipinski definition) is 2. The van der Waals surface area contributed by atoms with Crippen molar-refractivity contribution in [3.8, 4) is 5.75 Å². The minimum Gasteiger partial charge on any atom is -0.488 e. The standard InChI is InChI=1S/C10H10F2O3/c1-2-15-10-7(11)3-6(4-8(10)12)5-9(13)14/h3-4H,2,5H2,1H3,(H,13,14). The van der Waals surface area contributed by atoms with Crippen LogP contribution in [-0.4, -0.2) is 17.7 Å². The Labute approximate surface area is 85.3 Å². The van der Waals surface area contributed by atoms with Gasteiger partial charge >= 0.3 is 5.97 Å². The van der Waals surface area contributed by atoms with E-state index in [1.54, 1.807) is 6.92 Å². The van der Waals surface area contributed by atoms with Gasteiger partial charge in [0.15, 0.2) is 17.4 Å². The molecule has 0 saturated carbocycles. The van der Waals surface area contributed by atoms with Gasteiger partial charge in [-0.2, -0.15) is 0 Å². The van der Waals surface area contributed by atoms with Crippen molar-refractivity contribution < 1.29 is 23.4 Å². The molecule has 82 valence electrons. The Bertz CT molecular complexity index is 354. The molecular weight excluding hydrogens is 206 g/mol. The minimum absolute atomic E-state index is 0.0703. The van der Waals surface area contributed by atoms with Crippen LogP contribution in [0.15, 0.2) is 12.1 Å². The van der Waals surface area contributed by atoms with Gasteiger partial charge in [-0.3, -0.25) is 4.79 Å². The van der Waals surface area contributed by atoms with Crippen LogP contribution in [0, 0.1) is 11.6 Å². The molecule has 0 bridgehead atoms. The third-order valence-corrected chi connectivity index (χ3v) is 1.70. The van der Waals surface area contributed by atoms with Crippen LogP contribution in [0.5, 0.6) is 5.75 Å². The fraction of sp³-hybridized carbons (Fsp3) is 0.300. The van der Waals surface area contributed by atoms with Crippen LogP contribution in [0.4, 0.5) is 8.78 Å². The van der Waals surface area contributed by atoms with Crippen LogP contribution in [0.25, 0.3) is 0 Å². The number of carboxylic acid groups (broad SMARTS) is 1. The molecule has 0 heterocycles. The third-order valence-electron chi connectivity index (χ3n) is 1.70. The molecule has 0 aliphatic carbocycles. The van der Waals surface area contributed by atoms with Crippen molar-refractivity contribution in [1.29, 1.82) is 0 Å². The summed E-state index contributed by atoms with van der Waals surface area (Å²) in [7, 11) is 0. The number of carbonyl (C=O) groups is 1. The Morgan fingerprint density at radius 1 is 1.40 bits per heavy atom. The highest BCUT2D eigenvalue weighted by molar-refractivity contribution is 5.70. The number of rotatable bonds is 4.